The minimum absolute atomic E-state index is 0.410. The normalized spacial score (nSPS) is 13.8. The zero-order valence-corrected chi connectivity index (χ0v) is 8.68. The molecule has 6 heteroatoms. The second kappa shape index (κ2) is 5.25. The molecule has 0 radical (unpaired) electrons. The highest BCUT2D eigenvalue weighted by Crippen LogP contribution is 2.18. The van der Waals surface area contributed by atoms with Crippen molar-refractivity contribution in [2.45, 2.75) is 25.6 Å². The fourth-order valence-corrected chi connectivity index (χ4v) is 1.29. The van der Waals surface area contributed by atoms with Gasteiger partial charge in [0, 0.05) is 6.04 Å². The molecule has 0 saturated heterocycles. The van der Waals surface area contributed by atoms with E-state index in [1.807, 2.05) is 0 Å². The van der Waals surface area contributed by atoms with Gasteiger partial charge in [0.05, 0.1) is 18.4 Å². The molecule has 0 aliphatic carbocycles. The van der Waals surface area contributed by atoms with Crippen molar-refractivity contribution in [2.24, 2.45) is 0 Å². The molecule has 0 bridgehead atoms. The second-order valence-electron chi connectivity index (χ2n) is 3.36. The minimum atomic E-state index is -4.26. The van der Waals surface area contributed by atoms with Crippen LogP contribution in [0.5, 0.6) is 0 Å². The van der Waals surface area contributed by atoms with E-state index >= 15 is 0 Å². The molecular formula is C10H12F4N2. The predicted octanol–water partition coefficient (Wildman–Crippen LogP) is 2.82. The molecular weight excluding hydrogens is 224 g/mol. The van der Waals surface area contributed by atoms with Gasteiger partial charge in [-0.1, -0.05) is 6.92 Å². The van der Waals surface area contributed by atoms with Crippen molar-refractivity contribution in [3.05, 3.63) is 29.8 Å². The maximum atomic E-state index is 12.6. The summed E-state index contributed by atoms with van der Waals surface area (Å²) in [7, 11) is 0. The first-order valence-corrected chi connectivity index (χ1v) is 4.84. The van der Waals surface area contributed by atoms with Crippen LogP contribution in [0, 0.1) is 5.82 Å². The Kier molecular flexibility index (Phi) is 4.23. The van der Waals surface area contributed by atoms with Crippen molar-refractivity contribution in [1.29, 1.82) is 0 Å². The molecule has 0 aliphatic heterocycles. The van der Waals surface area contributed by atoms with Crippen LogP contribution < -0.4 is 5.32 Å². The number of rotatable bonds is 4. The fraction of sp³-hybridized carbons (Fsp3) is 0.500. The van der Waals surface area contributed by atoms with Crippen molar-refractivity contribution in [1.82, 2.24) is 10.3 Å². The van der Waals surface area contributed by atoms with Gasteiger partial charge in [0.2, 0.25) is 0 Å². The second-order valence-corrected chi connectivity index (χ2v) is 3.36. The molecule has 1 N–H and O–H groups in total. The van der Waals surface area contributed by atoms with Crippen LogP contribution in [-0.4, -0.2) is 17.7 Å². The first-order chi connectivity index (χ1) is 7.42. The van der Waals surface area contributed by atoms with Gasteiger partial charge in [0.1, 0.15) is 5.82 Å². The van der Waals surface area contributed by atoms with Crippen molar-refractivity contribution in [2.75, 3.05) is 6.54 Å². The summed E-state index contributed by atoms with van der Waals surface area (Å²) in [5, 5.41) is 2.34. The highest BCUT2D eigenvalue weighted by atomic mass is 19.4. The number of hydrogen-bond donors (Lipinski definition) is 1. The van der Waals surface area contributed by atoms with Crippen LogP contribution in [0.4, 0.5) is 17.6 Å². The number of nitrogens with one attached hydrogen (secondary N) is 1. The van der Waals surface area contributed by atoms with Gasteiger partial charge in [-0.3, -0.25) is 4.98 Å². The fourth-order valence-electron chi connectivity index (χ4n) is 1.29. The van der Waals surface area contributed by atoms with Crippen LogP contribution in [0.3, 0.4) is 0 Å². The van der Waals surface area contributed by atoms with E-state index in [2.05, 4.69) is 10.3 Å². The third kappa shape index (κ3) is 4.14. The maximum absolute atomic E-state index is 12.6. The molecule has 1 rings (SSSR count). The van der Waals surface area contributed by atoms with Crippen LogP contribution in [0.2, 0.25) is 0 Å². The Balaban J connectivity index is 2.64. The number of aromatic nitrogens is 1. The van der Waals surface area contributed by atoms with E-state index in [4.69, 9.17) is 0 Å². The molecule has 16 heavy (non-hydrogen) atoms. The quantitative estimate of drug-likeness (QED) is 0.813. The van der Waals surface area contributed by atoms with Crippen LogP contribution in [0.25, 0.3) is 0 Å². The molecule has 0 fully saturated rings. The standard InChI is InChI=1S/C10H12F4N2/c1-2-8(16-6-10(12,13)14)9-4-3-7(11)5-15-9/h3-5,8,16H,2,6H2,1H3. The first-order valence-electron chi connectivity index (χ1n) is 4.84. The lowest BCUT2D eigenvalue weighted by molar-refractivity contribution is -0.126. The Bertz CT molecular complexity index is 321. The van der Waals surface area contributed by atoms with Gasteiger partial charge in [0.15, 0.2) is 0 Å². The summed E-state index contributed by atoms with van der Waals surface area (Å²) in [5.74, 6) is -0.505. The van der Waals surface area contributed by atoms with Crippen molar-refractivity contribution in [3.8, 4) is 0 Å². The van der Waals surface area contributed by atoms with E-state index in [1.54, 1.807) is 6.92 Å². The molecule has 1 aromatic rings. The number of halogens is 4. The smallest absolute Gasteiger partial charge is 0.300 e. The van der Waals surface area contributed by atoms with Crippen LogP contribution in [0.1, 0.15) is 25.1 Å². The largest absolute Gasteiger partial charge is 0.401 e. The Morgan fingerprint density at radius 3 is 2.50 bits per heavy atom. The van der Waals surface area contributed by atoms with Crippen LogP contribution >= 0.6 is 0 Å². The molecule has 90 valence electrons. The Labute approximate surface area is 90.7 Å². The summed E-state index contributed by atoms with van der Waals surface area (Å²) < 4.78 is 48.5. The Hall–Kier alpha value is -1.17. The van der Waals surface area contributed by atoms with Gasteiger partial charge in [-0.2, -0.15) is 13.2 Å². The van der Waals surface area contributed by atoms with Crippen LogP contribution in [0.15, 0.2) is 18.3 Å². The highest BCUT2D eigenvalue weighted by Gasteiger charge is 2.28. The van der Waals surface area contributed by atoms with Gasteiger partial charge >= 0.3 is 6.18 Å². The molecule has 1 unspecified atom stereocenters. The Morgan fingerprint density at radius 2 is 2.06 bits per heavy atom. The number of pyridine rings is 1. The van der Waals surface area contributed by atoms with E-state index in [-0.39, 0.29) is 0 Å². The summed E-state index contributed by atoms with van der Waals surface area (Å²) in [6.07, 6.45) is -2.81. The van der Waals surface area contributed by atoms with E-state index in [0.717, 1.165) is 6.20 Å². The van der Waals surface area contributed by atoms with Gasteiger partial charge in [-0.15, -0.1) is 0 Å². The lowest BCUT2D eigenvalue weighted by Crippen LogP contribution is -2.32. The monoisotopic (exact) mass is 236 g/mol. The summed E-state index contributed by atoms with van der Waals surface area (Å²) in [6, 6.07) is 2.05. The van der Waals surface area contributed by atoms with E-state index in [0.29, 0.717) is 12.1 Å². The zero-order valence-electron chi connectivity index (χ0n) is 8.68. The summed E-state index contributed by atoms with van der Waals surface area (Å²) in [5.41, 5.74) is 0.410. The number of alkyl halides is 3. The predicted molar refractivity (Wildman–Crippen MR) is 51.3 cm³/mol. The molecule has 0 saturated carbocycles. The lowest BCUT2D eigenvalue weighted by Gasteiger charge is -2.17. The summed E-state index contributed by atoms with van der Waals surface area (Å²) in [4.78, 5) is 3.75. The number of nitrogens with zero attached hydrogens (tertiary/aromatic N) is 1. The molecule has 1 aromatic heterocycles. The van der Waals surface area contributed by atoms with Gasteiger partial charge < -0.3 is 5.32 Å². The Morgan fingerprint density at radius 1 is 1.38 bits per heavy atom. The van der Waals surface area contributed by atoms with Gasteiger partial charge in [-0.25, -0.2) is 4.39 Å². The SMILES string of the molecule is CCC(NCC(F)(F)F)c1ccc(F)cn1. The zero-order chi connectivity index (χ0) is 12.2. The molecule has 1 heterocycles. The molecule has 0 amide bonds. The summed E-state index contributed by atoms with van der Waals surface area (Å²) >= 11 is 0. The van der Waals surface area contributed by atoms with Gasteiger partial charge in [0.25, 0.3) is 0 Å². The van der Waals surface area contributed by atoms with E-state index < -0.39 is 24.6 Å². The lowest BCUT2D eigenvalue weighted by atomic mass is 10.1. The van der Waals surface area contributed by atoms with E-state index in [9.17, 15) is 17.6 Å². The van der Waals surface area contributed by atoms with Crippen molar-refractivity contribution >= 4 is 0 Å². The summed E-state index contributed by atoms with van der Waals surface area (Å²) in [6.45, 7) is 0.656. The average Bonchev–Trinajstić information content (AvgIpc) is 2.20. The third-order valence-electron chi connectivity index (χ3n) is 2.06. The van der Waals surface area contributed by atoms with E-state index in [1.165, 1.54) is 12.1 Å². The molecule has 1 atom stereocenters. The first kappa shape index (κ1) is 12.9. The molecule has 0 spiro atoms. The minimum Gasteiger partial charge on any atom is -0.300 e. The average molecular weight is 236 g/mol. The molecule has 2 nitrogen and oxygen atoms in total. The van der Waals surface area contributed by atoms with Crippen molar-refractivity contribution in [3.63, 3.8) is 0 Å². The third-order valence-corrected chi connectivity index (χ3v) is 2.06. The number of hydrogen-bond acceptors (Lipinski definition) is 2. The van der Waals surface area contributed by atoms with Crippen molar-refractivity contribution < 1.29 is 17.6 Å². The molecule has 0 aliphatic rings. The van der Waals surface area contributed by atoms with Crippen LogP contribution in [-0.2, 0) is 0 Å². The molecule has 0 aromatic carbocycles. The topological polar surface area (TPSA) is 24.9 Å². The maximum Gasteiger partial charge on any atom is 0.401 e. The van der Waals surface area contributed by atoms with Gasteiger partial charge in [-0.05, 0) is 18.6 Å². The highest BCUT2D eigenvalue weighted by molar-refractivity contribution is 5.09.